The van der Waals surface area contributed by atoms with Gasteiger partial charge in [-0.25, -0.2) is 0 Å². The summed E-state index contributed by atoms with van der Waals surface area (Å²) in [6.45, 7) is 0. The summed E-state index contributed by atoms with van der Waals surface area (Å²) in [7, 11) is 0. The van der Waals surface area contributed by atoms with Gasteiger partial charge in [0.15, 0.2) is 0 Å². The first-order valence-electron chi connectivity index (χ1n) is 7.99. The van der Waals surface area contributed by atoms with E-state index < -0.39 is 0 Å². The van der Waals surface area contributed by atoms with Gasteiger partial charge in [-0.2, -0.15) is 0 Å². The van der Waals surface area contributed by atoms with E-state index in [0.717, 1.165) is 37.1 Å². The van der Waals surface area contributed by atoms with Crippen molar-refractivity contribution in [2.75, 3.05) is 5.32 Å². The van der Waals surface area contributed by atoms with E-state index in [1.165, 1.54) is 0 Å². The van der Waals surface area contributed by atoms with Gasteiger partial charge in [0, 0.05) is 16.6 Å². The molecule has 0 aromatic heterocycles. The highest BCUT2D eigenvalue weighted by Gasteiger charge is 2.27. The third-order valence-corrected chi connectivity index (χ3v) is 4.45. The smallest absolute Gasteiger partial charge is 0.227 e. The maximum Gasteiger partial charge on any atom is 0.227 e. The van der Waals surface area contributed by atoms with E-state index in [4.69, 9.17) is 16.3 Å². The molecule has 4 heteroatoms. The Hall–Kier alpha value is -2.00. The van der Waals surface area contributed by atoms with Gasteiger partial charge in [0.1, 0.15) is 5.75 Å². The van der Waals surface area contributed by atoms with Gasteiger partial charge in [-0.15, -0.1) is 0 Å². The van der Waals surface area contributed by atoms with E-state index in [0.29, 0.717) is 5.02 Å². The van der Waals surface area contributed by atoms with Crippen LogP contribution in [0.3, 0.4) is 0 Å². The Morgan fingerprint density at radius 3 is 2.26 bits per heavy atom. The molecule has 2 aromatic carbocycles. The van der Waals surface area contributed by atoms with Crippen molar-refractivity contribution in [1.82, 2.24) is 0 Å². The number of carbonyl (C=O) groups excluding carboxylic acids is 1. The Labute approximate surface area is 141 Å². The molecule has 1 fully saturated rings. The molecule has 0 atom stereocenters. The van der Waals surface area contributed by atoms with Gasteiger partial charge in [0.2, 0.25) is 5.91 Å². The fraction of sp³-hybridized carbons (Fsp3) is 0.316. The minimum atomic E-state index is 0.0568. The molecule has 0 spiro atoms. The number of ether oxygens (including phenoxy) is 1. The zero-order valence-corrected chi connectivity index (χ0v) is 13.6. The average molecular weight is 330 g/mol. The Bertz CT molecular complexity index is 634. The Morgan fingerprint density at radius 2 is 1.61 bits per heavy atom. The van der Waals surface area contributed by atoms with Crippen LogP contribution in [0.1, 0.15) is 25.7 Å². The van der Waals surface area contributed by atoms with E-state index in [2.05, 4.69) is 5.32 Å². The number of nitrogens with one attached hydrogen (secondary N) is 1. The van der Waals surface area contributed by atoms with Crippen molar-refractivity contribution in [3.8, 4) is 5.75 Å². The molecule has 1 amide bonds. The van der Waals surface area contributed by atoms with Gasteiger partial charge in [0.05, 0.1) is 6.10 Å². The highest BCUT2D eigenvalue weighted by molar-refractivity contribution is 6.30. The SMILES string of the molecule is O=C(Nc1ccc(Cl)cc1)C1CCC(Oc2ccccc2)CC1. The molecule has 0 aliphatic heterocycles. The number of para-hydroxylation sites is 1. The van der Waals surface area contributed by atoms with E-state index in [-0.39, 0.29) is 17.9 Å². The summed E-state index contributed by atoms with van der Waals surface area (Å²) in [5, 5.41) is 3.63. The molecule has 1 aliphatic rings. The molecule has 3 rings (SSSR count). The van der Waals surface area contributed by atoms with Crippen molar-refractivity contribution >= 4 is 23.2 Å². The van der Waals surface area contributed by atoms with Crippen molar-refractivity contribution in [2.45, 2.75) is 31.8 Å². The van der Waals surface area contributed by atoms with Gasteiger partial charge in [-0.1, -0.05) is 29.8 Å². The molecule has 0 unspecified atom stereocenters. The highest BCUT2D eigenvalue weighted by atomic mass is 35.5. The van der Waals surface area contributed by atoms with Crippen LogP contribution in [0, 0.1) is 5.92 Å². The first-order valence-corrected chi connectivity index (χ1v) is 8.36. The lowest BCUT2D eigenvalue weighted by atomic mass is 9.86. The lowest BCUT2D eigenvalue weighted by Gasteiger charge is -2.28. The normalized spacial score (nSPS) is 20.7. The zero-order valence-electron chi connectivity index (χ0n) is 12.9. The molecule has 1 saturated carbocycles. The summed E-state index contributed by atoms with van der Waals surface area (Å²) in [6, 6.07) is 17.1. The third-order valence-electron chi connectivity index (χ3n) is 4.20. The summed E-state index contributed by atoms with van der Waals surface area (Å²) in [5.74, 6) is 1.05. The van der Waals surface area contributed by atoms with Crippen molar-refractivity contribution in [2.24, 2.45) is 5.92 Å². The van der Waals surface area contributed by atoms with Crippen LogP contribution in [0.25, 0.3) is 0 Å². The predicted molar refractivity (Wildman–Crippen MR) is 92.9 cm³/mol. The van der Waals surface area contributed by atoms with Crippen LogP contribution in [0.5, 0.6) is 5.75 Å². The first-order chi connectivity index (χ1) is 11.2. The minimum Gasteiger partial charge on any atom is -0.490 e. The summed E-state index contributed by atoms with van der Waals surface area (Å²) < 4.78 is 5.97. The van der Waals surface area contributed by atoms with Gasteiger partial charge < -0.3 is 10.1 Å². The highest BCUT2D eigenvalue weighted by Crippen LogP contribution is 2.28. The van der Waals surface area contributed by atoms with Gasteiger partial charge in [-0.05, 0) is 62.1 Å². The molecule has 0 bridgehead atoms. The van der Waals surface area contributed by atoms with Crippen molar-refractivity contribution < 1.29 is 9.53 Å². The van der Waals surface area contributed by atoms with Crippen LogP contribution >= 0.6 is 11.6 Å². The summed E-state index contributed by atoms with van der Waals surface area (Å²) >= 11 is 5.85. The molecule has 0 saturated heterocycles. The molecule has 120 valence electrons. The number of anilines is 1. The van der Waals surface area contributed by atoms with Crippen LogP contribution in [0.4, 0.5) is 5.69 Å². The molecule has 0 radical (unpaired) electrons. The molecular formula is C19H20ClNO2. The fourth-order valence-electron chi connectivity index (χ4n) is 2.91. The second kappa shape index (κ2) is 7.51. The second-order valence-electron chi connectivity index (χ2n) is 5.90. The number of hydrogen-bond donors (Lipinski definition) is 1. The topological polar surface area (TPSA) is 38.3 Å². The Balaban J connectivity index is 1.48. The maximum atomic E-state index is 12.3. The first kappa shape index (κ1) is 15.9. The average Bonchev–Trinajstić information content (AvgIpc) is 2.58. The standard InChI is InChI=1S/C19H20ClNO2/c20-15-8-10-16(11-9-15)21-19(22)14-6-12-18(13-7-14)23-17-4-2-1-3-5-17/h1-5,8-11,14,18H,6-7,12-13H2,(H,21,22). The lowest BCUT2D eigenvalue weighted by Crippen LogP contribution is -2.31. The zero-order chi connectivity index (χ0) is 16.1. The molecule has 1 N–H and O–H groups in total. The van der Waals surface area contributed by atoms with Crippen molar-refractivity contribution in [3.05, 3.63) is 59.6 Å². The maximum absolute atomic E-state index is 12.3. The van der Waals surface area contributed by atoms with Gasteiger partial charge in [0.25, 0.3) is 0 Å². The quantitative estimate of drug-likeness (QED) is 0.865. The van der Waals surface area contributed by atoms with Crippen LogP contribution < -0.4 is 10.1 Å². The lowest BCUT2D eigenvalue weighted by molar-refractivity contribution is -0.121. The number of rotatable bonds is 4. The summed E-state index contributed by atoms with van der Waals surface area (Å²) in [4.78, 5) is 12.3. The van der Waals surface area contributed by atoms with Crippen LogP contribution in [0.2, 0.25) is 5.02 Å². The molecular weight excluding hydrogens is 310 g/mol. The number of carbonyl (C=O) groups is 1. The second-order valence-corrected chi connectivity index (χ2v) is 6.34. The summed E-state index contributed by atoms with van der Waals surface area (Å²) in [6.07, 6.45) is 3.74. The van der Waals surface area contributed by atoms with Gasteiger partial charge in [-0.3, -0.25) is 4.79 Å². The summed E-state index contributed by atoms with van der Waals surface area (Å²) in [5.41, 5.74) is 0.794. The monoisotopic (exact) mass is 329 g/mol. The van der Waals surface area contributed by atoms with E-state index >= 15 is 0 Å². The molecule has 0 heterocycles. The number of halogens is 1. The van der Waals surface area contributed by atoms with Gasteiger partial charge >= 0.3 is 0 Å². The Kier molecular flexibility index (Phi) is 5.19. The van der Waals surface area contributed by atoms with Crippen molar-refractivity contribution in [3.63, 3.8) is 0 Å². The molecule has 1 aliphatic carbocycles. The van der Waals surface area contributed by atoms with E-state index in [1.807, 2.05) is 42.5 Å². The fourth-order valence-corrected chi connectivity index (χ4v) is 3.04. The van der Waals surface area contributed by atoms with Crippen molar-refractivity contribution in [1.29, 1.82) is 0 Å². The number of amides is 1. The Morgan fingerprint density at radius 1 is 0.957 bits per heavy atom. The van der Waals surface area contributed by atoms with Crippen LogP contribution in [0.15, 0.2) is 54.6 Å². The van der Waals surface area contributed by atoms with Crippen LogP contribution in [-0.2, 0) is 4.79 Å². The molecule has 3 nitrogen and oxygen atoms in total. The minimum absolute atomic E-state index is 0.0568. The molecule has 23 heavy (non-hydrogen) atoms. The van der Waals surface area contributed by atoms with Crippen LogP contribution in [-0.4, -0.2) is 12.0 Å². The largest absolute Gasteiger partial charge is 0.490 e. The third kappa shape index (κ3) is 4.49. The number of benzene rings is 2. The van der Waals surface area contributed by atoms with E-state index in [9.17, 15) is 4.79 Å². The molecule has 2 aromatic rings. The number of hydrogen-bond acceptors (Lipinski definition) is 2. The predicted octanol–water partition coefficient (Wildman–Crippen LogP) is 4.92. The van der Waals surface area contributed by atoms with E-state index in [1.54, 1.807) is 12.1 Å².